The number of nitrogens with zero attached hydrogens (tertiary/aromatic N) is 1. The second kappa shape index (κ2) is 6.34. The lowest BCUT2D eigenvalue weighted by Crippen LogP contribution is -2.17. The topological polar surface area (TPSA) is 61.7 Å². The van der Waals surface area contributed by atoms with Gasteiger partial charge in [-0.05, 0) is 42.8 Å². The fourth-order valence-corrected chi connectivity index (χ4v) is 1.88. The molecule has 0 radical (unpaired) electrons. The molecule has 102 valence electrons. The number of nitrogens with one attached hydrogen (secondary N) is 1. The van der Waals surface area contributed by atoms with Crippen molar-refractivity contribution >= 4 is 28.1 Å². The number of hydrogen-bond acceptors (Lipinski definition) is 3. The van der Waals surface area contributed by atoms with Crippen LogP contribution in [0.15, 0.2) is 52.0 Å². The van der Waals surface area contributed by atoms with Gasteiger partial charge in [0, 0.05) is 15.6 Å². The summed E-state index contributed by atoms with van der Waals surface area (Å²) in [7, 11) is 0. The number of hydrogen-bond donors (Lipinski definition) is 2. The average Bonchev–Trinajstić information content (AvgIpc) is 2.44. The molecule has 2 N–H and O–H groups in total. The number of phenols is 1. The second-order valence-corrected chi connectivity index (χ2v) is 5.13. The number of hydrazone groups is 1. The molecule has 0 saturated heterocycles. The van der Waals surface area contributed by atoms with Gasteiger partial charge in [0.2, 0.25) is 0 Å². The van der Waals surface area contributed by atoms with Crippen LogP contribution in [-0.4, -0.2) is 17.2 Å². The minimum atomic E-state index is -0.305. The van der Waals surface area contributed by atoms with Crippen molar-refractivity contribution in [3.8, 4) is 5.75 Å². The van der Waals surface area contributed by atoms with Gasteiger partial charge >= 0.3 is 0 Å². The fourth-order valence-electron chi connectivity index (χ4n) is 1.61. The van der Waals surface area contributed by atoms with Gasteiger partial charge in [-0.3, -0.25) is 4.79 Å². The molecule has 0 spiro atoms. The third-order valence-corrected chi connectivity index (χ3v) is 3.27. The smallest absolute Gasteiger partial charge is 0.271 e. The standard InChI is InChI=1S/C15H13BrN2O2/c1-10-3-2-4-12(14(10)19)9-17-18-15(20)11-5-7-13(16)8-6-11/h2-9,19H,1H3,(H,18,20)/b17-9+. The van der Waals surface area contributed by atoms with Crippen LogP contribution in [0.4, 0.5) is 0 Å². The predicted molar refractivity (Wildman–Crippen MR) is 82.0 cm³/mol. The van der Waals surface area contributed by atoms with Crippen LogP contribution >= 0.6 is 15.9 Å². The number of carbonyl (C=O) groups is 1. The van der Waals surface area contributed by atoms with Crippen molar-refractivity contribution in [3.05, 3.63) is 63.6 Å². The summed E-state index contributed by atoms with van der Waals surface area (Å²) in [5.41, 5.74) is 4.24. The maximum atomic E-state index is 11.8. The highest BCUT2D eigenvalue weighted by Gasteiger charge is 2.04. The Hall–Kier alpha value is -2.14. The lowest BCUT2D eigenvalue weighted by molar-refractivity contribution is 0.0955. The maximum absolute atomic E-state index is 11.8. The highest BCUT2D eigenvalue weighted by atomic mass is 79.9. The molecule has 2 rings (SSSR count). The fraction of sp³-hybridized carbons (Fsp3) is 0.0667. The van der Waals surface area contributed by atoms with Crippen LogP contribution in [0.5, 0.6) is 5.75 Å². The zero-order chi connectivity index (χ0) is 14.5. The number of aromatic hydroxyl groups is 1. The third-order valence-electron chi connectivity index (χ3n) is 2.75. The molecule has 20 heavy (non-hydrogen) atoms. The van der Waals surface area contributed by atoms with E-state index < -0.39 is 0 Å². The highest BCUT2D eigenvalue weighted by molar-refractivity contribution is 9.10. The summed E-state index contributed by atoms with van der Waals surface area (Å²) in [5.74, 6) is -0.143. The molecular weight excluding hydrogens is 320 g/mol. The molecule has 0 bridgehead atoms. The Bertz CT molecular complexity index is 651. The maximum Gasteiger partial charge on any atom is 0.271 e. The van der Waals surface area contributed by atoms with Gasteiger partial charge in [-0.1, -0.05) is 28.1 Å². The van der Waals surface area contributed by atoms with Gasteiger partial charge < -0.3 is 5.11 Å². The number of rotatable bonds is 3. The summed E-state index contributed by atoms with van der Waals surface area (Å²) in [6, 6.07) is 12.3. The number of halogens is 1. The Morgan fingerprint density at radius 1 is 1.25 bits per heavy atom. The van der Waals surface area contributed by atoms with Crippen molar-refractivity contribution in [2.24, 2.45) is 5.10 Å². The summed E-state index contributed by atoms with van der Waals surface area (Å²) in [6.45, 7) is 1.80. The summed E-state index contributed by atoms with van der Waals surface area (Å²) < 4.78 is 0.905. The molecule has 0 aliphatic carbocycles. The van der Waals surface area contributed by atoms with E-state index >= 15 is 0 Å². The largest absolute Gasteiger partial charge is 0.507 e. The zero-order valence-electron chi connectivity index (χ0n) is 10.8. The lowest BCUT2D eigenvalue weighted by atomic mass is 10.1. The van der Waals surface area contributed by atoms with E-state index in [-0.39, 0.29) is 11.7 Å². The van der Waals surface area contributed by atoms with E-state index in [1.165, 1.54) is 6.21 Å². The van der Waals surface area contributed by atoms with E-state index in [1.54, 1.807) is 43.3 Å². The number of para-hydroxylation sites is 1. The molecule has 0 aliphatic rings. The average molecular weight is 333 g/mol. The first-order valence-corrected chi connectivity index (χ1v) is 6.75. The number of carbonyl (C=O) groups excluding carboxylic acids is 1. The van der Waals surface area contributed by atoms with Crippen LogP contribution in [0.3, 0.4) is 0 Å². The first kappa shape index (κ1) is 14.3. The quantitative estimate of drug-likeness (QED) is 0.669. The van der Waals surface area contributed by atoms with Crippen LogP contribution in [0, 0.1) is 6.92 Å². The van der Waals surface area contributed by atoms with E-state index in [4.69, 9.17) is 0 Å². The van der Waals surface area contributed by atoms with Gasteiger partial charge in [0.15, 0.2) is 0 Å². The Morgan fingerprint density at radius 3 is 2.65 bits per heavy atom. The van der Waals surface area contributed by atoms with E-state index in [0.717, 1.165) is 10.0 Å². The Kier molecular flexibility index (Phi) is 4.53. The number of amides is 1. The van der Waals surface area contributed by atoms with Crippen molar-refractivity contribution in [2.75, 3.05) is 0 Å². The minimum Gasteiger partial charge on any atom is -0.507 e. The number of phenolic OH excluding ortho intramolecular Hbond substituents is 1. The van der Waals surface area contributed by atoms with Crippen LogP contribution in [-0.2, 0) is 0 Å². The molecule has 0 aromatic heterocycles. The van der Waals surface area contributed by atoms with Crippen LogP contribution < -0.4 is 5.43 Å². The molecule has 0 saturated carbocycles. The molecular formula is C15H13BrN2O2. The van der Waals surface area contributed by atoms with E-state index in [2.05, 4.69) is 26.5 Å². The first-order chi connectivity index (χ1) is 9.58. The van der Waals surface area contributed by atoms with Gasteiger partial charge in [-0.25, -0.2) is 5.43 Å². The molecule has 0 unspecified atom stereocenters. The number of aryl methyl sites for hydroxylation is 1. The molecule has 0 aliphatic heterocycles. The first-order valence-electron chi connectivity index (χ1n) is 5.95. The van der Waals surface area contributed by atoms with E-state index in [9.17, 15) is 9.90 Å². The van der Waals surface area contributed by atoms with Crippen molar-refractivity contribution in [3.63, 3.8) is 0 Å². The van der Waals surface area contributed by atoms with Crippen molar-refractivity contribution < 1.29 is 9.90 Å². The molecule has 2 aromatic rings. The van der Waals surface area contributed by atoms with Crippen molar-refractivity contribution in [1.82, 2.24) is 5.43 Å². The molecule has 4 nitrogen and oxygen atoms in total. The zero-order valence-corrected chi connectivity index (χ0v) is 12.4. The summed E-state index contributed by atoms with van der Waals surface area (Å²) in [4.78, 5) is 11.8. The second-order valence-electron chi connectivity index (χ2n) is 4.22. The van der Waals surface area contributed by atoms with Crippen molar-refractivity contribution in [2.45, 2.75) is 6.92 Å². The van der Waals surface area contributed by atoms with Crippen LogP contribution in [0.1, 0.15) is 21.5 Å². The van der Waals surface area contributed by atoms with Crippen molar-refractivity contribution in [1.29, 1.82) is 0 Å². The Morgan fingerprint density at radius 2 is 1.95 bits per heavy atom. The highest BCUT2D eigenvalue weighted by Crippen LogP contribution is 2.19. The monoisotopic (exact) mass is 332 g/mol. The summed E-state index contributed by atoms with van der Waals surface area (Å²) in [6.07, 6.45) is 1.42. The van der Waals surface area contributed by atoms with Crippen LogP contribution in [0.25, 0.3) is 0 Å². The summed E-state index contributed by atoms with van der Waals surface area (Å²) >= 11 is 3.30. The van der Waals surface area contributed by atoms with E-state index in [1.807, 2.05) is 6.07 Å². The predicted octanol–water partition coefficient (Wildman–Crippen LogP) is 3.23. The molecule has 0 heterocycles. The molecule has 0 fully saturated rings. The SMILES string of the molecule is Cc1cccc(/C=N/NC(=O)c2ccc(Br)cc2)c1O. The summed E-state index contributed by atoms with van der Waals surface area (Å²) in [5, 5.41) is 13.6. The number of benzene rings is 2. The normalized spacial score (nSPS) is 10.7. The van der Waals surface area contributed by atoms with Gasteiger partial charge in [0.1, 0.15) is 5.75 Å². The Labute approximate surface area is 125 Å². The van der Waals surface area contributed by atoms with Gasteiger partial charge in [0.25, 0.3) is 5.91 Å². The molecule has 5 heteroatoms. The third kappa shape index (κ3) is 3.45. The molecule has 0 atom stereocenters. The molecule has 2 aromatic carbocycles. The minimum absolute atomic E-state index is 0.161. The Balaban J connectivity index is 2.04. The molecule has 1 amide bonds. The van der Waals surface area contributed by atoms with Crippen LogP contribution in [0.2, 0.25) is 0 Å². The van der Waals surface area contributed by atoms with Gasteiger partial charge in [0.05, 0.1) is 6.21 Å². The van der Waals surface area contributed by atoms with Gasteiger partial charge in [-0.15, -0.1) is 0 Å². The van der Waals surface area contributed by atoms with E-state index in [0.29, 0.717) is 11.1 Å². The lowest BCUT2D eigenvalue weighted by Gasteiger charge is -2.02. The van der Waals surface area contributed by atoms with Gasteiger partial charge in [-0.2, -0.15) is 5.10 Å².